The Morgan fingerprint density at radius 3 is 2.32 bits per heavy atom. The maximum Gasteiger partial charge on any atom is 0.343 e. The molecule has 0 aliphatic heterocycles. The molecule has 0 saturated heterocycles. The number of esters is 2. The first-order chi connectivity index (χ1) is 18.5. The second-order valence-electron chi connectivity index (χ2n) is 9.17. The Morgan fingerprint density at radius 1 is 0.974 bits per heavy atom. The van der Waals surface area contributed by atoms with E-state index < -0.39 is 5.97 Å². The predicted molar refractivity (Wildman–Crippen MR) is 148 cm³/mol. The minimum absolute atomic E-state index is 0.346. The van der Waals surface area contributed by atoms with Gasteiger partial charge in [0.05, 0.1) is 29.9 Å². The highest BCUT2D eigenvalue weighted by atomic mass is 35.5. The van der Waals surface area contributed by atoms with Gasteiger partial charge in [-0.15, -0.1) is 0 Å². The lowest BCUT2D eigenvalue weighted by Gasteiger charge is -2.24. The average molecular weight is 539 g/mol. The standard InChI is InChI=1S/C31H35ClO6/c1-3-30(33)37-21-7-5-4-6-20-36-27-17-13-25(14-18-27)31(34)38-28-19-12-24(29(32)22-28)11-8-23-9-15-26(35-2)16-10-23/h3,12-14,17-19,22-23,26H,1,4-7,9-10,15-16,20-21H2,2H3. The van der Waals surface area contributed by atoms with Crippen LogP contribution in [-0.4, -0.2) is 38.4 Å². The predicted octanol–water partition coefficient (Wildman–Crippen LogP) is 6.78. The Bertz CT molecular complexity index is 1120. The lowest BCUT2D eigenvalue weighted by Crippen LogP contribution is -2.19. The van der Waals surface area contributed by atoms with Crippen molar-refractivity contribution in [2.45, 2.75) is 57.5 Å². The smallest absolute Gasteiger partial charge is 0.343 e. The van der Waals surface area contributed by atoms with Gasteiger partial charge in [-0.1, -0.05) is 30.0 Å². The Balaban J connectivity index is 1.39. The van der Waals surface area contributed by atoms with E-state index in [1.165, 1.54) is 0 Å². The minimum atomic E-state index is -0.474. The van der Waals surface area contributed by atoms with Crippen molar-refractivity contribution >= 4 is 23.5 Å². The van der Waals surface area contributed by atoms with Gasteiger partial charge < -0.3 is 18.9 Å². The summed E-state index contributed by atoms with van der Waals surface area (Å²) in [6.07, 6.45) is 9.25. The molecule has 0 spiro atoms. The van der Waals surface area contributed by atoms with Gasteiger partial charge in [-0.25, -0.2) is 9.59 Å². The second-order valence-corrected chi connectivity index (χ2v) is 9.58. The molecule has 0 atom stereocenters. The van der Waals surface area contributed by atoms with Gasteiger partial charge in [-0.05, 0) is 87.8 Å². The fraction of sp³-hybridized carbons (Fsp3) is 0.419. The zero-order valence-electron chi connectivity index (χ0n) is 21.9. The Morgan fingerprint density at radius 2 is 1.66 bits per heavy atom. The molecule has 7 heteroatoms. The fourth-order valence-corrected chi connectivity index (χ4v) is 4.33. The summed E-state index contributed by atoms with van der Waals surface area (Å²) >= 11 is 6.40. The number of halogens is 1. The molecule has 0 bridgehead atoms. The molecule has 0 amide bonds. The first kappa shape index (κ1) is 29.3. The number of benzene rings is 2. The summed E-state index contributed by atoms with van der Waals surface area (Å²) in [6, 6.07) is 11.9. The molecule has 1 aliphatic carbocycles. The van der Waals surface area contributed by atoms with Gasteiger partial charge in [-0.3, -0.25) is 0 Å². The summed E-state index contributed by atoms with van der Waals surface area (Å²) < 4.78 is 21.6. The molecule has 0 unspecified atom stereocenters. The maximum absolute atomic E-state index is 12.6. The number of methoxy groups -OCH3 is 1. The molecule has 1 saturated carbocycles. The third-order valence-corrected chi connectivity index (χ3v) is 6.69. The van der Waals surface area contributed by atoms with Gasteiger partial charge in [0.25, 0.3) is 0 Å². The highest BCUT2D eigenvalue weighted by Gasteiger charge is 2.19. The molecule has 202 valence electrons. The summed E-state index contributed by atoms with van der Waals surface area (Å²) in [5, 5.41) is 0.454. The average Bonchev–Trinajstić information content (AvgIpc) is 2.94. The first-order valence-corrected chi connectivity index (χ1v) is 13.4. The Kier molecular flexibility index (Phi) is 12.2. The van der Waals surface area contributed by atoms with E-state index in [1.54, 1.807) is 49.6 Å². The third-order valence-electron chi connectivity index (χ3n) is 6.38. The van der Waals surface area contributed by atoms with Crippen LogP contribution >= 0.6 is 11.6 Å². The van der Waals surface area contributed by atoms with E-state index >= 15 is 0 Å². The summed E-state index contributed by atoms with van der Waals surface area (Å²) in [5.41, 5.74) is 1.14. The molecule has 38 heavy (non-hydrogen) atoms. The normalized spacial score (nSPS) is 16.6. The topological polar surface area (TPSA) is 71.1 Å². The fourth-order valence-electron chi connectivity index (χ4n) is 4.12. The van der Waals surface area contributed by atoms with E-state index in [4.69, 9.17) is 30.5 Å². The number of hydrogen-bond acceptors (Lipinski definition) is 6. The van der Waals surface area contributed by atoms with Crippen LogP contribution in [-0.2, 0) is 14.3 Å². The van der Waals surface area contributed by atoms with E-state index in [1.807, 2.05) is 0 Å². The number of ether oxygens (including phenoxy) is 4. The van der Waals surface area contributed by atoms with Crippen molar-refractivity contribution < 1.29 is 28.5 Å². The molecule has 0 aromatic heterocycles. The number of unbranched alkanes of at least 4 members (excludes halogenated alkanes) is 3. The number of rotatable bonds is 12. The van der Waals surface area contributed by atoms with Crippen LogP contribution in [0.3, 0.4) is 0 Å². The van der Waals surface area contributed by atoms with E-state index in [0.717, 1.165) is 63.0 Å². The van der Waals surface area contributed by atoms with E-state index in [-0.39, 0.29) is 5.97 Å². The largest absolute Gasteiger partial charge is 0.494 e. The summed E-state index contributed by atoms with van der Waals surface area (Å²) in [7, 11) is 1.76. The lowest BCUT2D eigenvalue weighted by atomic mass is 9.87. The molecule has 0 N–H and O–H groups in total. The van der Waals surface area contributed by atoms with Crippen molar-refractivity contribution in [1.29, 1.82) is 0 Å². The monoisotopic (exact) mass is 538 g/mol. The quantitative estimate of drug-likeness (QED) is 0.0974. The highest BCUT2D eigenvalue weighted by molar-refractivity contribution is 6.31. The van der Waals surface area contributed by atoms with Gasteiger partial charge in [0, 0.05) is 30.7 Å². The molecule has 2 aromatic rings. The van der Waals surface area contributed by atoms with Crippen molar-refractivity contribution in [3.63, 3.8) is 0 Å². The molecule has 0 radical (unpaired) electrons. The summed E-state index contributed by atoms with van der Waals surface area (Å²) in [6.45, 7) is 4.34. The third kappa shape index (κ3) is 9.89. The molecule has 1 fully saturated rings. The number of carbonyl (C=O) groups is 2. The molecule has 3 rings (SSSR count). The summed E-state index contributed by atoms with van der Waals surface area (Å²) in [4.78, 5) is 23.5. The van der Waals surface area contributed by atoms with Crippen LogP contribution in [0.25, 0.3) is 0 Å². The minimum Gasteiger partial charge on any atom is -0.494 e. The molecular weight excluding hydrogens is 504 g/mol. The van der Waals surface area contributed by atoms with Crippen molar-refractivity contribution in [3.05, 3.63) is 71.3 Å². The van der Waals surface area contributed by atoms with E-state index in [2.05, 4.69) is 18.4 Å². The van der Waals surface area contributed by atoms with Gasteiger partial charge >= 0.3 is 11.9 Å². The second kappa shape index (κ2) is 15.9. The molecule has 6 nitrogen and oxygen atoms in total. The van der Waals surface area contributed by atoms with Crippen LogP contribution in [0.2, 0.25) is 5.02 Å². The van der Waals surface area contributed by atoms with Crippen molar-refractivity contribution in [3.8, 4) is 23.3 Å². The van der Waals surface area contributed by atoms with Crippen LogP contribution < -0.4 is 9.47 Å². The lowest BCUT2D eigenvalue weighted by molar-refractivity contribution is -0.137. The zero-order chi connectivity index (χ0) is 27.2. The number of carbonyl (C=O) groups excluding carboxylic acids is 2. The van der Waals surface area contributed by atoms with E-state index in [9.17, 15) is 9.59 Å². The van der Waals surface area contributed by atoms with Gasteiger partial charge in [0.1, 0.15) is 11.5 Å². The van der Waals surface area contributed by atoms with Crippen LogP contribution in [0.15, 0.2) is 55.1 Å². The molecule has 0 heterocycles. The van der Waals surface area contributed by atoms with Crippen LogP contribution in [0.5, 0.6) is 11.5 Å². The molecule has 2 aromatic carbocycles. The maximum atomic E-state index is 12.6. The number of hydrogen-bond donors (Lipinski definition) is 0. The highest BCUT2D eigenvalue weighted by Crippen LogP contribution is 2.27. The van der Waals surface area contributed by atoms with Crippen molar-refractivity contribution in [2.75, 3.05) is 20.3 Å². The first-order valence-electron chi connectivity index (χ1n) is 13.1. The Hall–Kier alpha value is -3.27. The van der Waals surface area contributed by atoms with Crippen LogP contribution in [0.4, 0.5) is 0 Å². The Labute approximate surface area is 230 Å². The van der Waals surface area contributed by atoms with Gasteiger partial charge in [0.15, 0.2) is 0 Å². The SMILES string of the molecule is C=CC(=O)OCCCCCCOc1ccc(C(=O)Oc2ccc(C#CC3CCC(OC)CC3)c(Cl)c2)cc1. The van der Waals surface area contributed by atoms with E-state index in [0.29, 0.717) is 47.3 Å². The van der Waals surface area contributed by atoms with Crippen LogP contribution in [0, 0.1) is 17.8 Å². The van der Waals surface area contributed by atoms with Gasteiger partial charge in [0.2, 0.25) is 0 Å². The molecule has 1 aliphatic rings. The van der Waals surface area contributed by atoms with Crippen molar-refractivity contribution in [2.24, 2.45) is 5.92 Å². The van der Waals surface area contributed by atoms with Gasteiger partial charge in [-0.2, -0.15) is 0 Å². The van der Waals surface area contributed by atoms with Crippen molar-refractivity contribution in [1.82, 2.24) is 0 Å². The molecular formula is C31H35ClO6. The summed E-state index contributed by atoms with van der Waals surface area (Å²) in [5.74, 6) is 7.03. The zero-order valence-corrected chi connectivity index (χ0v) is 22.6. The van der Waals surface area contributed by atoms with Crippen LogP contribution in [0.1, 0.15) is 67.3 Å².